The van der Waals surface area contributed by atoms with Crippen molar-refractivity contribution in [3.63, 3.8) is 0 Å². The zero-order valence-electron chi connectivity index (χ0n) is 16.0. The molecule has 0 radical (unpaired) electrons. The second-order valence-electron chi connectivity index (χ2n) is 6.93. The molecule has 1 amide bonds. The van der Waals surface area contributed by atoms with Gasteiger partial charge in [0.25, 0.3) is 5.91 Å². The van der Waals surface area contributed by atoms with E-state index in [4.69, 9.17) is 9.47 Å². The van der Waals surface area contributed by atoms with Gasteiger partial charge in [-0.05, 0) is 62.3 Å². The topological polar surface area (TPSA) is 64.6 Å². The molecule has 1 aliphatic carbocycles. The third-order valence-corrected chi connectivity index (χ3v) is 5.77. The maximum absolute atomic E-state index is 12.5. The summed E-state index contributed by atoms with van der Waals surface area (Å²) in [5.41, 5.74) is 2.62. The summed E-state index contributed by atoms with van der Waals surface area (Å²) in [7, 11) is 0. The largest absolute Gasteiger partial charge is 0.484 e. The summed E-state index contributed by atoms with van der Waals surface area (Å²) in [5, 5.41) is 3.43. The van der Waals surface area contributed by atoms with Gasteiger partial charge in [0, 0.05) is 4.88 Å². The van der Waals surface area contributed by atoms with Gasteiger partial charge in [0.2, 0.25) is 0 Å². The minimum Gasteiger partial charge on any atom is -0.484 e. The van der Waals surface area contributed by atoms with Crippen molar-refractivity contribution in [2.45, 2.75) is 40.0 Å². The average Bonchev–Trinajstić information content (AvgIpc) is 2.97. The number of fused-ring (bicyclic) bond motifs is 1. The Morgan fingerprint density at radius 1 is 1.33 bits per heavy atom. The molecule has 1 heterocycles. The van der Waals surface area contributed by atoms with Gasteiger partial charge >= 0.3 is 5.97 Å². The molecule has 0 spiro atoms. The minimum absolute atomic E-state index is 0.106. The number of thiophene rings is 1. The Morgan fingerprint density at radius 3 is 2.89 bits per heavy atom. The van der Waals surface area contributed by atoms with Gasteiger partial charge in [-0.2, -0.15) is 0 Å². The van der Waals surface area contributed by atoms with E-state index in [1.165, 1.54) is 16.2 Å². The first-order chi connectivity index (χ1) is 13.0. The van der Waals surface area contributed by atoms with Crippen LogP contribution in [0.3, 0.4) is 0 Å². The van der Waals surface area contributed by atoms with Crippen molar-refractivity contribution < 1.29 is 19.1 Å². The number of anilines is 1. The van der Waals surface area contributed by atoms with Crippen LogP contribution in [0.4, 0.5) is 5.00 Å². The molecule has 1 aliphatic rings. The Balaban J connectivity index is 1.75. The van der Waals surface area contributed by atoms with Crippen LogP contribution in [-0.2, 0) is 22.4 Å². The maximum atomic E-state index is 12.5. The predicted octanol–water partition coefficient (Wildman–Crippen LogP) is 4.38. The van der Waals surface area contributed by atoms with Crippen LogP contribution in [0.1, 0.15) is 46.6 Å². The summed E-state index contributed by atoms with van der Waals surface area (Å²) in [6.07, 6.45) is 2.82. The average molecular weight is 388 g/mol. The van der Waals surface area contributed by atoms with Crippen LogP contribution in [0, 0.1) is 12.8 Å². The van der Waals surface area contributed by atoms with Gasteiger partial charge in [0.15, 0.2) is 6.61 Å². The summed E-state index contributed by atoms with van der Waals surface area (Å²) in [6, 6.07) is 7.55. The molecule has 0 aliphatic heterocycles. The van der Waals surface area contributed by atoms with Crippen LogP contribution >= 0.6 is 11.3 Å². The van der Waals surface area contributed by atoms with E-state index in [0.29, 0.717) is 28.8 Å². The molecule has 27 heavy (non-hydrogen) atoms. The van der Waals surface area contributed by atoms with E-state index >= 15 is 0 Å². The first-order valence-electron chi connectivity index (χ1n) is 9.29. The summed E-state index contributed by atoms with van der Waals surface area (Å²) in [4.78, 5) is 26.1. The zero-order valence-corrected chi connectivity index (χ0v) is 16.8. The molecule has 1 aromatic carbocycles. The third-order valence-electron chi connectivity index (χ3n) is 4.60. The summed E-state index contributed by atoms with van der Waals surface area (Å²) in [6.45, 7) is 6.16. The molecule has 3 rings (SSSR count). The van der Waals surface area contributed by atoms with Crippen LogP contribution < -0.4 is 10.1 Å². The monoisotopic (exact) mass is 387 g/mol. The molecule has 1 aromatic heterocycles. The smallest absolute Gasteiger partial charge is 0.341 e. The normalized spacial score (nSPS) is 15.7. The van der Waals surface area contributed by atoms with E-state index < -0.39 is 0 Å². The predicted molar refractivity (Wildman–Crippen MR) is 107 cm³/mol. The summed E-state index contributed by atoms with van der Waals surface area (Å²) in [5.74, 6) is 0.586. The third kappa shape index (κ3) is 4.69. The fourth-order valence-electron chi connectivity index (χ4n) is 3.27. The van der Waals surface area contributed by atoms with Gasteiger partial charge in [0.05, 0.1) is 12.2 Å². The first kappa shape index (κ1) is 19.4. The van der Waals surface area contributed by atoms with Gasteiger partial charge in [-0.1, -0.05) is 19.1 Å². The lowest BCUT2D eigenvalue weighted by Gasteiger charge is -2.18. The molecule has 0 fully saturated rings. The number of rotatable bonds is 6. The highest BCUT2D eigenvalue weighted by molar-refractivity contribution is 7.17. The number of aryl methyl sites for hydroxylation is 1. The van der Waals surface area contributed by atoms with Crippen molar-refractivity contribution in [1.82, 2.24) is 0 Å². The van der Waals surface area contributed by atoms with E-state index in [0.717, 1.165) is 30.4 Å². The van der Waals surface area contributed by atoms with Gasteiger partial charge in [-0.25, -0.2) is 4.79 Å². The quantitative estimate of drug-likeness (QED) is 0.747. The van der Waals surface area contributed by atoms with E-state index in [1.807, 2.05) is 31.2 Å². The van der Waals surface area contributed by atoms with E-state index in [2.05, 4.69) is 12.2 Å². The number of ether oxygens (including phenoxy) is 2. The SMILES string of the molecule is CCOC(=O)c1c(NC(=O)COc2cccc(C)c2)sc2c1CCC(C)C2. The molecule has 0 bridgehead atoms. The molecule has 1 atom stereocenters. The van der Waals surface area contributed by atoms with Crippen LogP contribution in [0.5, 0.6) is 5.75 Å². The molecule has 144 valence electrons. The first-order valence-corrected chi connectivity index (χ1v) is 10.1. The zero-order chi connectivity index (χ0) is 19.4. The van der Waals surface area contributed by atoms with Gasteiger partial charge < -0.3 is 14.8 Å². The molecule has 6 heteroatoms. The van der Waals surface area contributed by atoms with Crippen molar-refractivity contribution in [3.05, 3.63) is 45.8 Å². The fourth-order valence-corrected chi connectivity index (χ4v) is 4.69. The maximum Gasteiger partial charge on any atom is 0.341 e. The Hall–Kier alpha value is -2.34. The molecule has 0 saturated heterocycles. The molecular weight excluding hydrogens is 362 g/mol. The second-order valence-corrected chi connectivity index (χ2v) is 8.03. The number of carbonyl (C=O) groups excluding carboxylic acids is 2. The van der Waals surface area contributed by atoms with Gasteiger partial charge in [0.1, 0.15) is 10.8 Å². The lowest BCUT2D eigenvalue weighted by molar-refractivity contribution is -0.118. The molecule has 1 unspecified atom stereocenters. The number of hydrogen-bond acceptors (Lipinski definition) is 5. The number of amides is 1. The lowest BCUT2D eigenvalue weighted by Crippen LogP contribution is -2.21. The number of carbonyl (C=O) groups is 2. The van der Waals surface area contributed by atoms with Gasteiger partial charge in [-0.3, -0.25) is 4.79 Å². The Kier molecular flexibility index (Phi) is 6.16. The lowest BCUT2D eigenvalue weighted by atomic mass is 9.88. The highest BCUT2D eigenvalue weighted by atomic mass is 32.1. The Morgan fingerprint density at radius 2 is 2.15 bits per heavy atom. The van der Waals surface area contributed by atoms with E-state index in [1.54, 1.807) is 6.92 Å². The second kappa shape index (κ2) is 8.57. The van der Waals surface area contributed by atoms with Crippen molar-refractivity contribution >= 4 is 28.2 Å². The molecule has 2 aromatic rings. The van der Waals surface area contributed by atoms with Gasteiger partial charge in [-0.15, -0.1) is 11.3 Å². The van der Waals surface area contributed by atoms with Crippen LogP contribution in [0.2, 0.25) is 0 Å². The van der Waals surface area contributed by atoms with E-state index in [-0.39, 0.29) is 18.5 Å². The van der Waals surface area contributed by atoms with Crippen molar-refractivity contribution in [1.29, 1.82) is 0 Å². The molecule has 0 saturated carbocycles. The van der Waals surface area contributed by atoms with Crippen LogP contribution in [-0.4, -0.2) is 25.1 Å². The van der Waals surface area contributed by atoms with Crippen molar-refractivity contribution in [2.75, 3.05) is 18.5 Å². The molecular formula is C21H25NO4S. The summed E-state index contributed by atoms with van der Waals surface area (Å²) < 4.78 is 10.8. The van der Waals surface area contributed by atoms with Crippen molar-refractivity contribution in [3.8, 4) is 5.75 Å². The van der Waals surface area contributed by atoms with Crippen LogP contribution in [0.15, 0.2) is 24.3 Å². The van der Waals surface area contributed by atoms with Crippen LogP contribution in [0.25, 0.3) is 0 Å². The highest BCUT2D eigenvalue weighted by Crippen LogP contribution is 2.40. The Bertz CT molecular complexity index is 843. The number of esters is 1. The molecule has 5 nitrogen and oxygen atoms in total. The number of nitrogens with one attached hydrogen (secondary N) is 1. The highest BCUT2D eigenvalue weighted by Gasteiger charge is 2.29. The summed E-state index contributed by atoms with van der Waals surface area (Å²) >= 11 is 1.48. The number of hydrogen-bond donors (Lipinski definition) is 1. The minimum atomic E-state index is -0.362. The van der Waals surface area contributed by atoms with E-state index in [9.17, 15) is 9.59 Å². The Labute approximate surface area is 163 Å². The molecule has 1 N–H and O–H groups in total. The standard InChI is InChI=1S/C21H25NO4S/c1-4-25-21(24)19-16-9-8-14(3)11-17(16)27-20(19)22-18(23)12-26-15-7-5-6-13(2)10-15/h5-7,10,14H,4,8-9,11-12H2,1-3H3,(H,22,23). The number of benzene rings is 1. The van der Waals surface area contributed by atoms with Crippen molar-refractivity contribution in [2.24, 2.45) is 5.92 Å². The fraction of sp³-hybridized carbons (Fsp3) is 0.429.